The Hall–Kier alpha value is -1.32. The van der Waals surface area contributed by atoms with E-state index in [2.05, 4.69) is 0 Å². The van der Waals surface area contributed by atoms with Gasteiger partial charge in [0.05, 0.1) is 18.4 Å². The number of esters is 1. The Kier molecular flexibility index (Phi) is 2.50. The van der Waals surface area contributed by atoms with Crippen LogP contribution in [0.3, 0.4) is 0 Å². The van der Waals surface area contributed by atoms with Crippen molar-refractivity contribution in [2.24, 2.45) is 23.7 Å². The smallest absolute Gasteiger partial charge is 0.310 e. The van der Waals surface area contributed by atoms with Crippen LogP contribution in [-0.4, -0.2) is 23.7 Å². The zero-order chi connectivity index (χ0) is 11.0. The predicted molar refractivity (Wildman–Crippen MR) is 52.0 cm³/mol. The second-order valence-electron chi connectivity index (χ2n) is 4.09. The third-order valence-electron chi connectivity index (χ3n) is 3.30. The zero-order valence-corrected chi connectivity index (χ0v) is 8.55. The topological polar surface area (TPSA) is 63.6 Å². The maximum atomic E-state index is 11.6. The number of carbonyl (C=O) groups excluding carboxylic acids is 1. The van der Waals surface area contributed by atoms with Gasteiger partial charge in [-0.25, -0.2) is 0 Å². The first-order chi connectivity index (χ1) is 7.15. The molecule has 4 atom stereocenters. The summed E-state index contributed by atoms with van der Waals surface area (Å²) in [6, 6.07) is 0. The lowest BCUT2D eigenvalue weighted by Gasteiger charge is -2.22. The van der Waals surface area contributed by atoms with Crippen molar-refractivity contribution in [3.05, 3.63) is 12.2 Å². The monoisotopic (exact) mass is 210 g/mol. The SMILES string of the molecule is CCOC(=O)[C@@H]1[C@@H](C(=O)O)[C@H]2C=C[C@@H]1C2. The van der Waals surface area contributed by atoms with Crippen molar-refractivity contribution in [3.63, 3.8) is 0 Å². The van der Waals surface area contributed by atoms with E-state index in [1.54, 1.807) is 6.92 Å². The molecule has 15 heavy (non-hydrogen) atoms. The Bertz CT molecular complexity index is 321. The van der Waals surface area contributed by atoms with Gasteiger partial charge in [-0.1, -0.05) is 12.2 Å². The van der Waals surface area contributed by atoms with Gasteiger partial charge in [-0.05, 0) is 25.2 Å². The van der Waals surface area contributed by atoms with Gasteiger partial charge in [0, 0.05) is 0 Å². The zero-order valence-electron chi connectivity index (χ0n) is 8.55. The lowest BCUT2D eigenvalue weighted by atomic mass is 9.83. The predicted octanol–water partition coefficient (Wildman–Crippen LogP) is 1.07. The van der Waals surface area contributed by atoms with Crippen LogP contribution in [0.5, 0.6) is 0 Å². The molecule has 2 aliphatic rings. The number of hydrogen-bond donors (Lipinski definition) is 1. The first-order valence-electron chi connectivity index (χ1n) is 5.23. The molecule has 0 radical (unpaired) electrons. The van der Waals surface area contributed by atoms with Crippen molar-refractivity contribution in [2.45, 2.75) is 13.3 Å². The minimum atomic E-state index is -0.884. The number of aliphatic carboxylic acids is 1. The van der Waals surface area contributed by atoms with Crippen LogP contribution in [-0.2, 0) is 14.3 Å². The van der Waals surface area contributed by atoms with Crippen LogP contribution in [0, 0.1) is 23.7 Å². The van der Waals surface area contributed by atoms with Gasteiger partial charge in [-0.2, -0.15) is 0 Å². The lowest BCUT2D eigenvalue weighted by molar-refractivity contribution is -0.158. The highest BCUT2D eigenvalue weighted by Gasteiger charge is 2.52. The summed E-state index contributed by atoms with van der Waals surface area (Å²) in [5.41, 5.74) is 0. The molecule has 0 spiro atoms. The number of hydrogen-bond acceptors (Lipinski definition) is 3. The lowest BCUT2D eigenvalue weighted by Crippen LogP contribution is -2.34. The molecular weight excluding hydrogens is 196 g/mol. The highest BCUT2D eigenvalue weighted by Crippen LogP contribution is 2.48. The van der Waals surface area contributed by atoms with Crippen LogP contribution in [0.2, 0.25) is 0 Å². The van der Waals surface area contributed by atoms with E-state index in [4.69, 9.17) is 9.84 Å². The van der Waals surface area contributed by atoms with Gasteiger partial charge in [0.15, 0.2) is 0 Å². The fourth-order valence-electron chi connectivity index (χ4n) is 2.72. The summed E-state index contributed by atoms with van der Waals surface area (Å²) in [5.74, 6) is -2.22. The maximum absolute atomic E-state index is 11.6. The molecule has 2 bridgehead atoms. The molecule has 2 aliphatic carbocycles. The number of rotatable bonds is 3. The summed E-state index contributed by atoms with van der Waals surface area (Å²) >= 11 is 0. The van der Waals surface area contributed by atoms with Crippen molar-refractivity contribution in [2.75, 3.05) is 6.61 Å². The summed E-state index contributed by atoms with van der Waals surface area (Å²) in [5, 5.41) is 9.08. The summed E-state index contributed by atoms with van der Waals surface area (Å²) in [6.07, 6.45) is 4.64. The molecule has 0 heterocycles. The minimum absolute atomic E-state index is 0.0157. The average molecular weight is 210 g/mol. The second kappa shape index (κ2) is 3.68. The van der Waals surface area contributed by atoms with Crippen molar-refractivity contribution in [1.29, 1.82) is 0 Å². The van der Waals surface area contributed by atoms with Crippen LogP contribution in [0.1, 0.15) is 13.3 Å². The molecule has 0 unspecified atom stereocenters. The van der Waals surface area contributed by atoms with Gasteiger partial charge >= 0.3 is 11.9 Å². The Balaban J connectivity index is 2.19. The van der Waals surface area contributed by atoms with Crippen LogP contribution < -0.4 is 0 Å². The summed E-state index contributed by atoms with van der Waals surface area (Å²) in [4.78, 5) is 22.7. The molecular formula is C11H14O4. The molecule has 4 nitrogen and oxygen atoms in total. The third-order valence-corrected chi connectivity index (χ3v) is 3.30. The third kappa shape index (κ3) is 1.54. The van der Waals surface area contributed by atoms with E-state index in [-0.39, 0.29) is 17.8 Å². The number of carboxylic acids is 1. The molecule has 1 saturated carbocycles. The van der Waals surface area contributed by atoms with E-state index in [0.29, 0.717) is 6.61 Å². The van der Waals surface area contributed by atoms with Crippen molar-refractivity contribution in [1.82, 2.24) is 0 Å². The summed E-state index contributed by atoms with van der Waals surface area (Å²) < 4.78 is 4.92. The number of allylic oxidation sites excluding steroid dienone is 2. The number of carbonyl (C=O) groups is 2. The van der Waals surface area contributed by atoms with E-state index >= 15 is 0 Å². The second-order valence-corrected chi connectivity index (χ2v) is 4.09. The van der Waals surface area contributed by atoms with Gasteiger partial charge in [0.25, 0.3) is 0 Å². The Morgan fingerprint density at radius 2 is 1.93 bits per heavy atom. The molecule has 0 aliphatic heterocycles. The van der Waals surface area contributed by atoms with Gasteiger partial charge < -0.3 is 9.84 Å². The van der Waals surface area contributed by atoms with E-state index < -0.39 is 17.8 Å². The first kappa shape index (κ1) is 10.2. The average Bonchev–Trinajstić information content (AvgIpc) is 2.76. The molecule has 0 aromatic carbocycles. The summed E-state index contributed by atoms with van der Waals surface area (Å²) in [6.45, 7) is 2.04. The summed E-state index contributed by atoms with van der Waals surface area (Å²) in [7, 11) is 0. The fourth-order valence-corrected chi connectivity index (χ4v) is 2.72. The molecule has 2 rings (SSSR count). The molecule has 1 fully saturated rings. The van der Waals surface area contributed by atoms with Gasteiger partial charge in [0.2, 0.25) is 0 Å². The molecule has 4 heteroatoms. The van der Waals surface area contributed by atoms with Crippen LogP contribution in [0.15, 0.2) is 12.2 Å². The Morgan fingerprint density at radius 3 is 2.47 bits per heavy atom. The standard InChI is InChI=1S/C11H14O4/c1-2-15-11(14)9-7-4-3-6(5-7)8(9)10(12)13/h3-4,6-9H,2,5H2,1H3,(H,12,13)/t6-,7+,8-,9-/m0/s1. The van der Waals surface area contributed by atoms with E-state index in [9.17, 15) is 9.59 Å². The highest BCUT2D eigenvalue weighted by molar-refractivity contribution is 5.83. The highest BCUT2D eigenvalue weighted by atomic mass is 16.5. The van der Waals surface area contributed by atoms with E-state index in [1.807, 2.05) is 12.2 Å². The molecule has 0 amide bonds. The fraction of sp³-hybridized carbons (Fsp3) is 0.636. The van der Waals surface area contributed by atoms with Crippen molar-refractivity contribution < 1.29 is 19.4 Å². The van der Waals surface area contributed by atoms with Gasteiger partial charge in [-0.15, -0.1) is 0 Å². The Labute approximate surface area is 87.9 Å². The molecule has 0 saturated heterocycles. The van der Waals surface area contributed by atoms with E-state index in [1.165, 1.54) is 0 Å². The van der Waals surface area contributed by atoms with E-state index in [0.717, 1.165) is 6.42 Å². The normalized spacial score (nSPS) is 36.9. The molecule has 0 aromatic rings. The molecule has 1 N–H and O–H groups in total. The molecule has 0 aromatic heterocycles. The first-order valence-corrected chi connectivity index (χ1v) is 5.23. The largest absolute Gasteiger partial charge is 0.481 e. The van der Waals surface area contributed by atoms with Crippen LogP contribution in [0.4, 0.5) is 0 Å². The van der Waals surface area contributed by atoms with Gasteiger partial charge in [-0.3, -0.25) is 9.59 Å². The van der Waals surface area contributed by atoms with Crippen LogP contribution in [0.25, 0.3) is 0 Å². The number of ether oxygens (including phenoxy) is 1. The van der Waals surface area contributed by atoms with Crippen molar-refractivity contribution in [3.8, 4) is 0 Å². The van der Waals surface area contributed by atoms with Gasteiger partial charge in [0.1, 0.15) is 0 Å². The van der Waals surface area contributed by atoms with Crippen molar-refractivity contribution >= 4 is 11.9 Å². The van der Waals surface area contributed by atoms with Crippen LogP contribution >= 0.6 is 0 Å². The Morgan fingerprint density at radius 1 is 1.33 bits per heavy atom. The quantitative estimate of drug-likeness (QED) is 0.559. The molecule has 82 valence electrons. The minimum Gasteiger partial charge on any atom is -0.481 e. The number of fused-ring (bicyclic) bond motifs is 2. The number of carboxylic acid groups (broad SMARTS) is 1. The maximum Gasteiger partial charge on any atom is 0.310 e.